The van der Waals surface area contributed by atoms with Gasteiger partial charge in [0.05, 0.1) is 18.8 Å². The second kappa shape index (κ2) is 8.78. The minimum atomic E-state index is -0.948. The lowest BCUT2D eigenvalue weighted by Gasteiger charge is -2.25. The minimum Gasteiger partial charge on any atom is -0.457 e. The number of hydrogen-bond donors (Lipinski definition) is 3. The van der Waals surface area contributed by atoms with Crippen LogP contribution in [0.4, 0.5) is 4.39 Å². The van der Waals surface area contributed by atoms with Crippen LogP contribution in [0, 0.1) is 5.82 Å². The van der Waals surface area contributed by atoms with E-state index in [0.29, 0.717) is 18.6 Å². The van der Waals surface area contributed by atoms with E-state index in [4.69, 9.17) is 10.5 Å². The molecule has 6 heteroatoms. The van der Waals surface area contributed by atoms with Crippen molar-refractivity contribution >= 4 is 11.8 Å². The number of aliphatic hydroxyl groups excluding tert-OH is 2. The zero-order valence-corrected chi connectivity index (χ0v) is 17.3. The highest BCUT2D eigenvalue weighted by Gasteiger charge is 2.23. The minimum absolute atomic E-state index is 0.237. The average Bonchev–Trinajstić information content (AvgIpc) is 2.77. The first-order valence-corrected chi connectivity index (χ1v) is 10.7. The summed E-state index contributed by atoms with van der Waals surface area (Å²) in [5.74, 6) is 1.05. The maximum absolute atomic E-state index is 13.1. The van der Waals surface area contributed by atoms with E-state index in [1.807, 2.05) is 12.1 Å². The molecule has 0 unspecified atom stereocenters. The van der Waals surface area contributed by atoms with Gasteiger partial charge in [-0.25, -0.2) is 4.39 Å². The smallest absolute Gasteiger partial charge is 0.127 e. The third-order valence-electron chi connectivity index (χ3n) is 5.36. The number of nitrogens with two attached hydrogens (primary N) is 1. The zero-order valence-electron chi connectivity index (χ0n) is 16.5. The van der Waals surface area contributed by atoms with Gasteiger partial charge in [0.15, 0.2) is 0 Å². The third-order valence-corrected chi connectivity index (χ3v) is 6.57. The van der Waals surface area contributed by atoms with Gasteiger partial charge in [-0.15, -0.1) is 0 Å². The monoisotopic (exact) mass is 425 g/mol. The molecule has 0 atom stereocenters. The summed E-state index contributed by atoms with van der Waals surface area (Å²) in [5.41, 5.74) is 8.62. The van der Waals surface area contributed by atoms with Crippen molar-refractivity contribution in [2.75, 3.05) is 13.2 Å². The van der Waals surface area contributed by atoms with E-state index in [9.17, 15) is 14.6 Å². The number of rotatable bonds is 7. The quantitative estimate of drug-likeness (QED) is 0.412. The molecule has 0 radical (unpaired) electrons. The second-order valence-electron chi connectivity index (χ2n) is 7.73. The molecular weight excluding hydrogens is 401 g/mol. The molecule has 3 aromatic carbocycles. The van der Waals surface area contributed by atoms with E-state index < -0.39 is 5.54 Å². The lowest BCUT2D eigenvalue weighted by atomic mass is 9.93. The van der Waals surface area contributed by atoms with Crippen LogP contribution < -0.4 is 10.5 Å². The van der Waals surface area contributed by atoms with E-state index in [0.717, 1.165) is 17.7 Å². The van der Waals surface area contributed by atoms with Crippen molar-refractivity contribution in [3.05, 3.63) is 83.2 Å². The van der Waals surface area contributed by atoms with Crippen molar-refractivity contribution in [3.8, 4) is 11.5 Å². The maximum atomic E-state index is 13.1. The second-order valence-corrected chi connectivity index (χ2v) is 8.81. The van der Waals surface area contributed by atoms with E-state index >= 15 is 0 Å². The van der Waals surface area contributed by atoms with Gasteiger partial charge in [0.1, 0.15) is 17.3 Å². The molecule has 0 saturated heterocycles. The van der Waals surface area contributed by atoms with Crippen molar-refractivity contribution in [2.45, 2.75) is 34.6 Å². The number of benzene rings is 3. The molecule has 0 saturated carbocycles. The standard InChI is InChI=1S/C24H24FNO3S/c25-19-3-5-20(6-4-19)29-21-7-8-22-18(13-21)12-17-2-1-16(11-23(17)30-22)9-10-24(26,14-27)15-28/h1-8,11,13,27-28H,9-10,12,14-15,26H2. The van der Waals surface area contributed by atoms with Crippen LogP contribution in [0.3, 0.4) is 0 Å². The SMILES string of the molecule is NC(CO)(CO)CCc1ccc2c(c1)Sc1ccc(Oc3ccc(F)cc3)cc1C2. The summed E-state index contributed by atoms with van der Waals surface area (Å²) in [4.78, 5) is 2.40. The normalized spacial score (nSPS) is 12.9. The lowest BCUT2D eigenvalue weighted by Crippen LogP contribution is -2.47. The third kappa shape index (κ3) is 4.68. The summed E-state index contributed by atoms with van der Waals surface area (Å²) in [5, 5.41) is 18.8. The Balaban J connectivity index is 1.47. The van der Waals surface area contributed by atoms with Gasteiger partial charge in [0.25, 0.3) is 0 Å². The Kier molecular flexibility index (Phi) is 6.11. The highest BCUT2D eigenvalue weighted by atomic mass is 32.2. The van der Waals surface area contributed by atoms with Crippen molar-refractivity contribution in [2.24, 2.45) is 5.73 Å². The highest BCUT2D eigenvalue weighted by molar-refractivity contribution is 7.99. The van der Waals surface area contributed by atoms with Crippen LogP contribution in [0.15, 0.2) is 70.5 Å². The molecule has 0 bridgehead atoms. The summed E-state index contributed by atoms with van der Waals surface area (Å²) in [7, 11) is 0. The van der Waals surface area contributed by atoms with Crippen LogP contribution in [0.25, 0.3) is 0 Å². The molecule has 0 fully saturated rings. The molecule has 1 aliphatic rings. The number of hydrogen-bond acceptors (Lipinski definition) is 5. The fraction of sp³-hybridized carbons (Fsp3) is 0.250. The topological polar surface area (TPSA) is 75.7 Å². The number of aryl methyl sites for hydroxylation is 1. The molecule has 4 N–H and O–H groups in total. The highest BCUT2D eigenvalue weighted by Crippen LogP contribution is 2.41. The van der Waals surface area contributed by atoms with Gasteiger partial charge in [-0.1, -0.05) is 23.9 Å². The molecule has 0 spiro atoms. The fourth-order valence-electron chi connectivity index (χ4n) is 3.42. The van der Waals surface area contributed by atoms with Crippen LogP contribution in [0.2, 0.25) is 0 Å². The van der Waals surface area contributed by atoms with E-state index in [-0.39, 0.29) is 19.0 Å². The maximum Gasteiger partial charge on any atom is 0.127 e. The first-order valence-electron chi connectivity index (χ1n) is 9.85. The molecule has 30 heavy (non-hydrogen) atoms. The molecule has 0 aliphatic carbocycles. The van der Waals surface area contributed by atoms with Crippen molar-refractivity contribution in [1.82, 2.24) is 0 Å². The van der Waals surface area contributed by atoms with E-state index in [2.05, 4.69) is 24.3 Å². The summed E-state index contributed by atoms with van der Waals surface area (Å²) < 4.78 is 18.9. The first-order chi connectivity index (χ1) is 14.5. The number of aliphatic hydroxyl groups is 2. The van der Waals surface area contributed by atoms with E-state index in [1.165, 1.54) is 33.1 Å². The molecule has 1 aliphatic heterocycles. The number of halogens is 1. The summed E-state index contributed by atoms with van der Waals surface area (Å²) in [6.45, 7) is -0.474. The molecule has 3 aromatic rings. The molecule has 1 heterocycles. The predicted octanol–water partition coefficient (Wildman–Crippen LogP) is 4.29. The largest absolute Gasteiger partial charge is 0.457 e. The Labute approximate surface area is 179 Å². The molecule has 0 amide bonds. The van der Waals surface area contributed by atoms with Crippen LogP contribution in [-0.2, 0) is 12.8 Å². The summed E-state index contributed by atoms with van der Waals surface area (Å²) in [6, 6.07) is 18.4. The van der Waals surface area contributed by atoms with Gasteiger partial charge in [-0.2, -0.15) is 0 Å². The van der Waals surface area contributed by atoms with Gasteiger partial charge >= 0.3 is 0 Å². The Hall–Kier alpha value is -2.38. The van der Waals surface area contributed by atoms with Gasteiger partial charge in [0.2, 0.25) is 0 Å². The van der Waals surface area contributed by atoms with E-state index in [1.54, 1.807) is 23.9 Å². The lowest BCUT2D eigenvalue weighted by molar-refractivity contribution is 0.115. The van der Waals surface area contributed by atoms with Crippen molar-refractivity contribution in [3.63, 3.8) is 0 Å². The molecule has 4 nitrogen and oxygen atoms in total. The summed E-state index contributed by atoms with van der Waals surface area (Å²) in [6.07, 6.45) is 2.03. The van der Waals surface area contributed by atoms with Crippen molar-refractivity contribution < 1.29 is 19.3 Å². The van der Waals surface area contributed by atoms with Gasteiger partial charge in [-0.05, 0) is 84.5 Å². The van der Waals surface area contributed by atoms with Crippen LogP contribution in [0.5, 0.6) is 11.5 Å². The zero-order chi connectivity index (χ0) is 21.1. The Bertz CT molecular complexity index is 1040. The van der Waals surface area contributed by atoms with Gasteiger partial charge in [-0.3, -0.25) is 0 Å². The van der Waals surface area contributed by atoms with Gasteiger partial charge < -0.3 is 20.7 Å². The van der Waals surface area contributed by atoms with Gasteiger partial charge in [0, 0.05) is 9.79 Å². The number of fused-ring (bicyclic) bond motifs is 2. The summed E-state index contributed by atoms with van der Waals surface area (Å²) >= 11 is 1.72. The molecule has 156 valence electrons. The number of ether oxygens (including phenoxy) is 1. The molecule has 0 aromatic heterocycles. The van der Waals surface area contributed by atoms with Crippen LogP contribution in [-0.4, -0.2) is 29.0 Å². The Morgan fingerprint density at radius 3 is 2.37 bits per heavy atom. The van der Waals surface area contributed by atoms with Crippen LogP contribution in [0.1, 0.15) is 23.1 Å². The average molecular weight is 426 g/mol. The van der Waals surface area contributed by atoms with Crippen LogP contribution >= 0.6 is 11.8 Å². The fourth-order valence-corrected chi connectivity index (χ4v) is 4.53. The predicted molar refractivity (Wildman–Crippen MR) is 116 cm³/mol. The van der Waals surface area contributed by atoms with Crippen molar-refractivity contribution in [1.29, 1.82) is 0 Å². The molecule has 4 rings (SSSR count). The first kappa shape index (κ1) is 20.9. The Morgan fingerprint density at radius 2 is 1.63 bits per heavy atom. The Morgan fingerprint density at radius 1 is 0.900 bits per heavy atom. The molecular formula is C24H24FNO3S.